The third kappa shape index (κ3) is 9.99. The molecule has 1 saturated heterocycles. The fourth-order valence-corrected chi connectivity index (χ4v) is 19.3. The average molecular weight is 698 g/mol. The van der Waals surface area contributed by atoms with Gasteiger partial charge in [-0.1, -0.05) is 25.4 Å². The van der Waals surface area contributed by atoms with E-state index in [1.54, 1.807) is 6.07 Å². The van der Waals surface area contributed by atoms with Gasteiger partial charge >= 0.3 is 139 Å². The van der Waals surface area contributed by atoms with Crippen LogP contribution < -0.4 is 36.9 Å². The van der Waals surface area contributed by atoms with Crippen molar-refractivity contribution in [3.8, 4) is 5.75 Å². The number of hydrogen-bond acceptors (Lipinski definition) is 13. The van der Waals surface area contributed by atoms with Crippen molar-refractivity contribution in [2.75, 3.05) is 68.2 Å². The van der Waals surface area contributed by atoms with E-state index >= 15 is 0 Å². The Labute approximate surface area is 262 Å². The normalized spacial score (nSPS) is 16.0. The number of amides is 1. The molecule has 2 aromatic carbocycles. The quantitative estimate of drug-likeness (QED) is 0.127. The van der Waals surface area contributed by atoms with Crippen LogP contribution in [0.15, 0.2) is 36.4 Å². The minimum atomic E-state index is -1.14. The van der Waals surface area contributed by atoms with Gasteiger partial charge in [-0.3, -0.25) is 4.79 Å². The summed E-state index contributed by atoms with van der Waals surface area (Å²) in [5.41, 5.74) is 18.4. The van der Waals surface area contributed by atoms with Gasteiger partial charge in [-0.15, -0.1) is 0 Å². The van der Waals surface area contributed by atoms with Gasteiger partial charge in [0.15, 0.2) is 0 Å². The molecule has 4 rings (SSSR count). The van der Waals surface area contributed by atoms with E-state index in [-0.39, 0.29) is 24.4 Å². The van der Waals surface area contributed by atoms with E-state index in [1.165, 1.54) is 17.5 Å². The number of likely N-dealkylation sites (N-methyl/N-ethyl adjacent to an activating group) is 1. The molecule has 0 saturated carbocycles. The zero-order chi connectivity index (χ0) is 30.6. The van der Waals surface area contributed by atoms with Crippen molar-refractivity contribution >= 4 is 83.5 Å². The molecule has 42 heavy (non-hydrogen) atoms. The van der Waals surface area contributed by atoms with Crippen molar-refractivity contribution in [1.29, 1.82) is 0 Å². The monoisotopic (exact) mass is 697 g/mol. The van der Waals surface area contributed by atoms with Gasteiger partial charge in [0.2, 0.25) is 0 Å². The van der Waals surface area contributed by atoms with Gasteiger partial charge in [-0.05, 0) is 19.2 Å². The molecule has 1 fully saturated rings. The van der Waals surface area contributed by atoms with Crippen molar-refractivity contribution in [2.24, 2.45) is 0 Å². The van der Waals surface area contributed by atoms with Crippen molar-refractivity contribution in [3.63, 3.8) is 0 Å². The number of nitrogens with two attached hydrogens (primary N) is 3. The van der Waals surface area contributed by atoms with Crippen LogP contribution in [-0.4, -0.2) is 94.1 Å². The molecule has 9 N–H and O–H groups in total. The molecule has 0 spiro atoms. The molecule has 0 aliphatic carbocycles. The first-order chi connectivity index (χ1) is 20.2. The predicted molar refractivity (Wildman–Crippen MR) is 177 cm³/mol. The Kier molecular flexibility index (Phi) is 13.6. The Bertz CT molecular complexity index is 1300. The maximum atomic E-state index is 12.1. The molecule has 1 amide bonds. The third-order valence-corrected chi connectivity index (χ3v) is 20.3. The number of benzene rings is 2. The molecule has 1 aromatic heterocycles. The Morgan fingerprint density at radius 1 is 1.14 bits per heavy atom. The van der Waals surface area contributed by atoms with Gasteiger partial charge in [-0.2, -0.15) is 0 Å². The first-order valence-corrected chi connectivity index (χ1v) is 20.8. The van der Waals surface area contributed by atoms with Crippen molar-refractivity contribution in [3.05, 3.63) is 47.0 Å². The van der Waals surface area contributed by atoms with Gasteiger partial charge in [0.05, 0.1) is 23.4 Å². The SMILES string of the molecule is CCN(CC)CCNC(=O)c1cc(Cl)c(N)cc1OC.Nc1nc(N)nc(Nc2ccc([As]3SCC(CO)S3)cc2)n1. The van der Waals surface area contributed by atoms with Crippen LogP contribution in [0, 0.1) is 0 Å². The summed E-state index contributed by atoms with van der Waals surface area (Å²) in [5.74, 6) is 1.77. The molecule has 0 bridgehead atoms. The Morgan fingerprint density at radius 2 is 1.81 bits per heavy atom. The number of methoxy groups -OCH3 is 1. The zero-order valence-corrected chi connectivity index (χ0v) is 28.0. The summed E-state index contributed by atoms with van der Waals surface area (Å²) in [7, 11) is 5.45. The van der Waals surface area contributed by atoms with Crippen LogP contribution in [0.3, 0.4) is 0 Å². The second kappa shape index (κ2) is 16.9. The number of aliphatic hydroxyl groups excluding tert-OH is 1. The number of hydrogen-bond donors (Lipinski definition) is 6. The van der Waals surface area contributed by atoms with Crippen LogP contribution in [0.5, 0.6) is 5.75 Å². The molecular formula is C26H37AsClN9O3S2. The summed E-state index contributed by atoms with van der Waals surface area (Å²) in [6, 6.07) is 11.3. The second-order valence-electron chi connectivity index (χ2n) is 8.87. The summed E-state index contributed by atoms with van der Waals surface area (Å²) in [6.45, 7) is 7.76. The molecule has 1 aliphatic heterocycles. The summed E-state index contributed by atoms with van der Waals surface area (Å²) < 4.78 is 6.54. The number of rotatable bonds is 11. The molecule has 1 aliphatic rings. The number of halogens is 1. The number of aromatic nitrogens is 3. The number of carbonyl (C=O) groups is 1. The molecular weight excluding hydrogens is 661 g/mol. The molecule has 16 heteroatoms. The third-order valence-electron chi connectivity index (χ3n) is 6.00. The summed E-state index contributed by atoms with van der Waals surface area (Å²) >= 11 is 4.80. The fraction of sp³-hybridized carbons (Fsp3) is 0.385. The van der Waals surface area contributed by atoms with Crippen molar-refractivity contribution in [2.45, 2.75) is 19.1 Å². The number of aliphatic hydroxyl groups is 1. The van der Waals surface area contributed by atoms with Gasteiger partial charge in [-0.25, -0.2) is 0 Å². The van der Waals surface area contributed by atoms with E-state index in [1.807, 2.05) is 32.2 Å². The summed E-state index contributed by atoms with van der Waals surface area (Å²) in [6.07, 6.45) is 0. The minimum absolute atomic E-state index is 0.0909. The molecule has 2 atom stereocenters. The molecule has 2 unspecified atom stereocenters. The van der Waals surface area contributed by atoms with E-state index in [0.717, 1.165) is 31.1 Å². The van der Waals surface area contributed by atoms with Crippen LogP contribution in [0.25, 0.3) is 0 Å². The van der Waals surface area contributed by atoms with Crippen LogP contribution in [-0.2, 0) is 0 Å². The van der Waals surface area contributed by atoms with E-state index in [9.17, 15) is 9.90 Å². The summed E-state index contributed by atoms with van der Waals surface area (Å²) in [5, 5.41) is 15.9. The van der Waals surface area contributed by atoms with Crippen molar-refractivity contribution in [1.82, 2.24) is 25.2 Å². The number of carbonyl (C=O) groups excluding carboxylic acids is 1. The molecule has 3 aromatic rings. The van der Waals surface area contributed by atoms with Crippen LogP contribution in [0.1, 0.15) is 24.2 Å². The summed E-state index contributed by atoms with van der Waals surface area (Å²) in [4.78, 5) is 26.1. The number of nitrogens with zero attached hydrogens (tertiary/aromatic N) is 4. The molecule has 12 nitrogen and oxygen atoms in total. The molecule has 0 radical (unpaired) electrons. The Morgan fingerprint density at radius 3 is 2.38 bits per heavy atom. The Balaban J connectivity index is 0.000000232. The van der Waals surface area contributed by atoms with E-state index < -0.39 is 12.3 Å². The zero-order valence-electron chi connectivity index (χ0n) is 23.7. The van der Waals surface area contributed by atoms with Crippen LogP contribution in [0.2, 0.25) is 5.02 Å². The van der Waals surface area contributed by atoms with Gasteiger partial charge < -0.3 is 20.7 Å². The van der Waals surface area contributed by atoms with E-state index in [2.05, 4.69) is 56.5 Å². The van der Waals surface area contributed by atoms with Crippen LogP contribution in [0.4, 0.5) is 29.2 Å². The topological polar surface area (TPSA) is 191 Å². The first kappa shape index (κ1) is 33.9. The fourth-order valence-electron chi connectivity index (χ4n) is 3.71. The molecule has 228 valence electrons. The van der Waals surface area contributed by atoms with Gasteiger partial charge in [0.1, 0.15) is 5.75 Å². The predicted octanol–water partition coefficient (Wildman–Crippen LogP) is 2.32. The molecule has 2 heterocycles. The number of anilines is 5. The van der Waals surface area contributed by atoms with E-state index in [4.69, 9.17) is 33.5 Å². The number of nitrogens with one attached hydrogen (secondary N) is 2. The van der Waals surface area contributed by atoms with Gasteiger partial charge in [0, 0.05) is 19.2 Å². The van der Waals surface area contributed by atoms with Crippen LogP contribution >= 0.6 is 31.6 Å². The number of nitrogen functional groups attached to an aromatic ring is 3. The number of ether oxygens (including phenoxy) is 1. The Hall–Kier alpha value is -2.61. The van der Waals surface area contributed by atoms with Crippen molar-refractivity contribution < 1.29 is 14.6 Å². The van der Waals surface area contributed by atoms with Gasteiger partial charge in [0.25, 0.3) is 5.91 Å². The maximum absolute atomic E-state index is 12.1. The standard InChI is InChI=1S/C14H22ClN3O2.C12H15AsN6OS2/c1-4-18(5-2)7-6-17-14(19)10-8-11(15)12(16)9-13(10)20-3;14-10-17-11(15)19-12(18-10)16-8-3-1-7(2-4-8)13-21-6-9(5-20)22-13/h8-9H,4-7,16H2,1-3H3,(H,17,19);1-4,9,20H,5-6H2,(H5,14,15,16,17,18,19). The van der Waals surface area contributed by atoms with E-state index in [0.29, 0.717) is 39.8 Å². The first-order valence-electron chi connectivity index (χ1n) is 13.2. The second-order valence-corrected chi connectivity index (χ2v) is 20.9. The average Bonchev–Trinajstić information content (AvgIpc) is 3.46.